The van der Waals surface area contributed by atoms with Crippen LogP contribution in [0.25, 0.3) is 0 Å². The summed E-state index contributed by atoms with van der Waals surface area (Å²) in [5, 5.41) is 3.69. The Hall–Kier alpha value is -0.820. The monoisotopic (exact) mass is 275 g/mol. The van der Waals surface area contributed by atoms with Gasteiger partial charge in [-0.2, -0.15) is 0 Å². The van der Waals surface area contributed by atoms with E-state index in [1.807, 2.05) is 0 Å². The Balaban J connectivity index is 2.66. The Morgan fingerprint density at radius 2 is 1.90 bits per heavy atom. The van der Waals surface area contributed by atoms with Crippen LogP contribution in [0.15, 0.2) is 24.3 Å². The van der Waals surface area contributed by atoms with E-state index in [1.165, 1.54) is 30.4 Å². The van der Waals surface area contributed by atoms with E-state index >= 15 is 0 Å². The van der Waals surface area contributed by atoms with Crippen LogP contribution in [0.4, 0.5) is 0 Å². The lowest BCUT2D eigenvalue weighted by Gasteiger charge is -2.27. The van der Waals surface area contributed by atoms with Gasteiger partial charge in [-0.05, 0) is 64.5 Å². The molecule has 0 aliphatic heterocycles. The number of rotatable bonds is 7. The lowest BCUT2D eigenvalue weighted by atomic mass is 9.88. The van der Waals surface area contributed by atoms with Crippen LogP contribution < -0.4 is 5.32 Å². The number of nitrogens with one attached hydrogen (secondary N) is 1. The summed E-state index contributed by atoms with van der Waals surface area (Å²) in [5.74, 6) is 1.54. The molecule has 0 radical (unpaired) electrons. The van der Waals surface area contributed by atoms with Crippen molar-refractivity contribution in [3.05, 3.63) is 35.4 Å². The molecule has 0 spiro atoms. The van der Waals surface area contributed by atoms with Gasteiger partial charge in [-0.25, -0.2) is 0 Å². The predicted molar refractivity (Wildman–Crippen MR) is 90.2 cm³/mol. The summed E-state index contributed by atoms with van der Waals surface area (Å²) in [6.07, 6.45) is 3.78. The minimum Gasteiger partial charge on any atom is -0.312 e. The molecule has 1 nitrogen and oxygen atoms in total. The normalized spacial score (nSPS) is 15.1. The molecule has 1 aromatic carbocycles. The zero-order valence-corrected chi connectivity index (χ0v) is 14.3. The molecule has 0 bridgehead atoms. The number of hydrogen-bond donors (Lipinski definition) is 1. The average Bonchev–Trinajstić information content (AvgIpc) is 2.35. The Kier molecular flexibility index (Phi) is 6.75. The van der Waals surface area contributed by atoms with Gasteiger partial charge in [-0.1, -0.05) is 50.1 Å². The first kappa shape index (κ1) is 17.2. The molecule has 20 heavy (non-hydrogen) atoms. The first-order valence-electron chi connectivity index (χ1n) is 8.10. The molecule has 0 saturated heterocycles. The van der Waals surface area contributed by atoms with Crippen LogP contribution in [-0.2, 0) is 6.42 Å². The molecule has 0 fully saturated rings. The highest BCUT2D eigenvalue weighted by molar-refractivity contribution is 5.22. The van der Waals surface area contributed by atoms with Crippen molar-refractivity contribution >= 4 is 0 Å². The molecule has 1 heteroatoms. The summed E-state index contributed by atoms with van der Waals surface area (Å²) >= 11 is 0. The summed E-state index contributed by atoms with van der Waals surface area (Å²) in [5.41, 5.74) is 3.06. The molecule has 114 valence electrons. The fourth-order valence-electron chi connectivity index (χ4n) is 2.60. The van der Waals surface area contributed by atoms with Crippen molar-refractivity contribution in [1.82, 2.24) is 5.32 Å². The van der Waals surface area contributed by atoms with Gasteiger partial charge in [0.1, 0.15) is 0 Å². The van der Waals surface area contributed by atoms with Gasteiger partial charge in [0.05, 0.1) is 0 Å². The summed E-state index contributed by atoms with van der Waals surface area (Å²) in [4.78, 5) is 0. The summed E-state index contributed by atoms with van der Waals surface area (Å²) < 4.78 is 0. The molecule has 2 unspecified atom stereocenters. The van der Waals surface area contributed by atoms with Crippen molar-refractivity contribution in [2.45, 2.75) is 66.3 Å². The van der Waals surface area contributed by atoms with Crippen molar-refractivity contribution in [2.75, 3.05) is 6.54 Å². The van der Waals surface area contributed by atoms with Crippen LogP contribution in [0.2, 0.25) is 0 Å². The maximum absolute atomic E-state index is 3.69. The van der Waals surface area contributed by atoms with Crippen molar-refractivity contribution in [3.63, 3.8) is 0 Å². The maximum Gasteiger partial charge on any atom is 0.00966 e. The zero-order chi connectivity index (χ0) is 15.2. The van der Waals surface area contributed by atoms with E-state index in [4.69, 9.17) is 0 Å². The molecule has 0 saturated carbocycles. The Morgan fingerprint density at radius 3 is 2.45 bits per heavy atom. The van der Waals surface area contributed by atoms with Crippen LogP contribution in [0, 0.1) is 18.8 Å². The largest absolute Gasteiger partial charge is 0.312 e. The second-order valence-electron chi connectivity index (χ2n) is 7.44. The van der Waals surface area contributed by atoms with Crippen LogP contribution in [-0.4, -0.2) is 12.1 Å². The van der Waals surface area contributed by atoms with Crippen LogP contribution in [0.5, 0.6) is 0 Å². The average molecular weight is 275 g/mol. The quantitative estimate of drug-likeness (QED) is 0.740. The number of aryl methyl sites for hydroxylation is 1. The van der Waals surface area contributed by atoms with Gasteiger partial charge < -0.3 is 5.32 Å². The number of benzene rings is 1. The maximum atomic E-state index is 3.69. The lowest BCUT2D eigenvalue weighted by Crippen LogP contribution is -2.40. The highest BCUT2D eigenvalue weighted by Crippen LogP contribution is 2.20. The topological polar surface area (TPSA) is 12.0 Å². The third-order valence-corrected chi connectivity index (χ3v) is 3.96. The second-order valence-corrected chi connectivity index (χ2v) is 7.44. The predicted octanol–water partition coefficient (Wildman–Crippen LogP) is 4.98. The van der Waals surface area contributed by atoms with Gasteiger partial charge in [0.25, 0.3) is 0 Å². The Bertz CT molecular complexity index is 389. The van der Waals surface area contributed by atoms with Crippen molar-refractivity contribution in [2.24, 2.45) is 11.8 Å². The van der Waals surface area contributed by atoms with E-state index in [0.717, 1.165) is 18.4 Å². The van der Waals surface area contributed by atoms with E-state index in [0.29, 0.717) is 0 Å². The molecule has 1 rings (SSSR count). The third kappa shape index (κ3) is 7.09. The molecule has 1 N–H and O–H groups in total. The molecule has 0 aromatic heterocycles. The van der Waals surface area contributed by atoms with Gasteiger partial charge >= 0.3 is 0 Å². The zero-order valence-electron chi connectivity index (χ0n) is 14.3. The standard InChI is InChI=1S/C19H33N/c1-7-15(2)11-18(14-20-19(4,5)6)13-17-10-8-9-16(3)12-17/h8-10,12,15,18,20H,7,11,13-14H2,1-6H3. The van der Waals surface area contributed by atoms with Crippen LogP contribution in [0.1, 0.15) is 58.6 Å². The van der Waals surface area contributed by atoms with E-state index in [9.17, 15) is 0 Å². The van der Waals surface area contributed by atoms with Crippen molar-refractivity contribution in [3.8, 4) is 0 Å². The Morgan fingerprint density at radius 1 is 1.20 bits per heavy atom. The molecule has 2 atom stereocenters. The van der Waals surface area contributed by atoms with E-state index in [2.05, 4.69) is 71.1 Å². The van der Waals surface area contributed by atoms with Crippen LogP contribution >= 0.6 is 0 Å². The van der Waals surface area contributed by atoms with Gasteiger partial charge in [0, 0.05) is 5.54 Å². The summed E-state index contributed by atoms with van der Waals surface area (Å²) in [6.45, 7) is 14.7. The van der Waals surface area contributed by atoms with Crippen LogP contribution in [0.3, 0.4) is 0 Å². The smallest absolute Gasteiger partial charge is 0.00966 e. The van der Waals surface area contributed by atoms with Gasteiger partial charge in [-0.3, -0.25) is 0 Å². The molecular weight excluding hydrogens is 242 g/mol. The van der Waals surface area contributed by atoms with Gasteiger partial charge in [-0.15, -0.1) is 0 Å². The van der Waals surface area contributed by atoms with Gasteiger partial charge in [0.2, 0.25) is 0 Å². The number of hydrogen-bond acceptors (Lipinski definition) is 1. The molecular formula is C19H33N. The summed E-state index contributed by atoms with van der Waals surface area (Å²) in [6, 6.07) is 8.97. The van der Waals surface area contributed by atoms with E-state index < -0.39 is 0 Å². The summed E-state index contributed by atoms with van der Waals surface area (Å²) in [7, 11) is 0. The Labute approximate surface area is 126 Å². The molecule has 0 aliphatic rings. The minimum absolute atomic E-state index is 0.209. The first-order chi connectivity index (χ1) is 9.30. The fraction of sp³-hybridized carbons (Fsp3) is 0.684. The van der Waals surface area contributed by atoms with Crippen molar-refractivity contribution < 1.29 is 0 Å². The molecule has 1 aromatic rings. The van der Waals surface area contributed by atoms with Crippen molar-refractivity contribution in [1.29, 1.82) is 0 Å². The SMILES string of the molecule is CCC(C)CC(CNC(C)(C)C)Cc1cccc(C)c1. The second kappa shape index (κ2) is 7.83. The van der Waals surface area contributed by atoms with E-state index in [-0.39, 0.29) is 5.54 Å². The highest BCUT2D eigenvalue weighted by atomic mass is 14.9. The highest BCUT2D eigenvalue weighted by Gasteiger charge is 2.17. The van der Waals surface area contributed by atoms with Gasteiger partial charge in [0.15, 0.2) is 0 Å². The molecule has 0 aliphatic carbocycles. The molecule has 0 heterocycles. The first-order valence-corrected chi connectivity index (χ1v) is 8.10. The third-order valence-electron chi connectivity index (χ3n) is 3.96. The van der Waals surface area contributed by atoms with E-state index in [1.54, 1.807) is 0 Å². The fourth-order valence-corrected chi connectivity index (χ4v) is 2.60. The molecule has 0 amide bonds. The minimum atomic E-state index is 0.209. The lowest BCUT2D eigenvalue weighted by molar-refractivity contribution is 0.320.